The van der Waals surface area contributed by atoms with Gasteiger partial charge in [-0.1, -0.05) is 30.3 Å². The fourth-order valence-electron chi connectivity index (χ4n) is 1.53. The van der Waals surface area contributed by atoms with Crippen LogP contribution in [0.1, 0.15) is 5.56 Å². The second-order valence-corrected chi connectivity index (χ2v) is 3.55. The van der Waals surface area contributed by atoms with E-state index in [0.717, 1.165) is 11.1 Å². The van der Waals surface area contributed by atoms with Crippen LogP contribution in [0, 0.1) is 12.7 Å². The van der Waals surface area contributed by atoms with Gasteiger partial charge in [-0.25, -0.2) is 4.39 Å². The second kappa shape index (κ2) is 3.73. The molecular formula is C13H12FN. The van der Waals surface area contributed by atoms with Crippen molar-refractivity contribution in [3.05, 3.63) is 53.8 Å². The Morgan fingerprint density at radius 3 is 2.40 bits per heavy atom. The lowest BCUT2D eigenvalue weighted by Gasteiger charge is -2.07. The molecule has 0 amide bonds. The molecule has 1 nitrogen and oxygen atoms in total. The molecule has 0 saturated heterocycles. The minimum absolute atomic E-state index is 0.229. The molecule has 0 saturated carbocycles. The number of anilines is 1. The van der Waals surface area contributed by atoms with Crippen LogP contribution in [-0.4, -0.2) is 0 Å². The number of rotatable bonds is 1. The molecule has 0 bridgehead atoms. The van der Waals surface area contributed by atoms with Gasteiger partial charge in [0.1, 0.15) is 5.82 Å². The van der Waals surface area contributed by atoms with Gasteiger partial charge in [-0.3, -0.25) is 0 Å². The Balaban J connectivity index is 2.59. The zero-order chi connectivity index (χ0) is 10.8. The van der Waals surface area contributed by atoms with E-state index in [2.05, 4.69) is 0 Å². The zero-order valence-electron chi connectivity index (χ0n) is 8.50. The number of hydrogen-bond donors (Lipinski definition) is 1. The summed E-state index contributed by atoms with van der Waals surface area (Å²) in [6.45, 7) is 1.80. The monoisotopic (exact) mass is 201 g/mol. The summed E-state index contributed by atoms with van der Waals surface area (Å²) in [5, 5.41) is 0. The average molecular weight is 201 g/mol. The second-order valence-electron chi connectivity index (χ2n) is 3.55. The smallest absolute Gasteiger partial charge is 0.131 e. The molecule has 2 rings (SSSR count). The molecular weight excluding hydrogens is 189 g/mol. The van der Waals surface area contributed by atoms with Crippen LogP contribution in [0.2, 0.25) is 0 Å². The Morgan fingerprint density at radius 1 is 1.07 bits per heavy atom. The summed E-state index contributed by atoms with van der Waals surface area (Å²) in [4.78, 5) is 0. The molecule has 2 aromatic rings. The maximum absolute atomic E-state index is 13.7. The predicted octanol–water partition coefficient (Wildman–Crippen LogP) is 3.38. The SMILES string of the molecule is Cc1cc(F)c(-c2ccccc2)cc1N. The molecule has 2 N–H and O–H groups in total. The van der Waals surface area contributed by atoms with Gasteiger partial charge in [0.2, 0.25) is 0 Å². The van der Waals surface area contributed by atoms with E-state index in [-0.39, 0.29) is 5.82 Å². The van der Waals surface area contributed by atoms with Crippen molar-refractivity contribution in [3.8, 4) is 11.1 Å². The van der Waals surface area contributed by atoms with Gasteiger partial charge in [0.05, 0.1) is 0 Å². The first-order valence-electron chi connectivity index (χ1n) is 4.79. The first kappa shape index (κ1) is 9.71. The third-order valence-corrected chi connectivity index (χ3v) is 2.44. The molecule has 15 heavy (non-hydrogen) atoms. The molecule has 2 aromatic carbocycles. The van der Waals surface area contributed by atoms with Crippen molar-refractivity contribution in [2.24, 2.45) is 0 Å². The number of hydrogen-bond acceptors (Lipinski definition) is 1. The van der Waals surface area contributed by atoms with Crippen LogP contribution >= 0.6 is 0 Å². The molecule has 0 atom stereocenters. The van der Waals surface area contributed by atoms with Crippen molar-refractivity contribution in [2.45, 2.75) is 6.92 Å². The third-order valence-electron chi connectivity index (χ3n) is 2.44. The van der Waals surface area contributed by atoms with Crippen LogP contribution in [0.15, 0.2) is 42.5 Å². The Kier molecular flexibility index (Phi) is 2.42. The third kappa shape index (κ3) is 1.84. The molecule has 0 aliphatic heterocycles. The van der Waals surface area contributed by atoms with Crippen LogP contribution in [0.25, 0.3) is 11.1 Å². The lowest BCUT2D eigenvalue weighted by Crippen LogP contribution is -1.93. The van der Waals surface area contributed by atoms with Crippen LogP contribution in [0.4, 0.5) is 10.1 Å². The van der Waals surface area contributed by atoms with E-state index in [4.69, 9.17) is 5.73 Å². The molecule has 0 spiro atoms. The van der Waals surface area contributed by atoms with Crippen molar-refractivity contribution in [3.63, 3.8) is 0 Å². The highest BCUT2D eigenvalue weighted by Gasteiger charge is 2.06. The minimum atomic E-state index is -0.229. The standard InChI is InChI=1S/C13H12FN/c1-9-7-12(14)11(8-13(9)15)10-5-3-2-4-6-10/h2-8H,15H2,1H3. The maximum Gasteiger partial charge on any atom is 0.131 e. The summed E-state index contributed by atoms with van der Waals surface area (Å²) in [5.74, 6) is -0.229. The summed E-state index contributed by atoms with van der Waals surface area (Å²) < 4.78 is 13.7. The van der Waals surface area contributed by atoms with E-state index in [1.54, 1.807) is 13.0 Å². The quantitative estimate of drug-likeness (QED) is 0.703. The van der Waals surface area contributed by atoms with E-state index >= 15 is 0 Å². The van der Waals surface area contributed by atoms with Gasteiger partial charge < -0.3 is 5.73 Å². The molecule has 76 valence electrons. The molecule has 0 unspecified atom stereocenters. The topological polar surface area (TPSA) is 26.0 Å². The maximum atomic E-state index is 13.7. The average Bonchev–Trinajstić information content (AvgIpc) is 2.25. The minimum Gasteiger partial charge on any atom is -0.398 e. The molecule has 0 aromatic heterocycles. The number of aryl methyl sites for hydroxylation is 1. The highest BCUT2D eigenvalue weighted by Crippen LogP contribution is 2.26. The normalized spacial score (nSPS) is 10.3. The van der Waals surface area contributed by atoms with Crippen molar-refractivity contribution >= 4 is 5.69 Å². The number of nitrogen functional groups attached to an aromatic ring is 1. The van der Waals surface area contributed by atoms with Crippen LogP contribution in [0.5, 0.6) is 0 Å². The lowest BCUT2D eigenvalue weighted by atomic mass is 10.0. The first-order chi connectivity index (χ1) is 7.18. The summed E-state index contributed by atoms with van der Waals surface area (Å²) in [5.41, 5.74) is 8.55. The van der Waals surface area contributed by atoms with Crippen LogP contribution in [-0.2, 0) is 0 Å². The molecule has 0 heterocycles. The van der Waals surface area contributed by atoms with Gasteiger partial charge >= 0.3 is 0 Å². The van der Waals surface area contributed by atoms with Crippen LogP contribution < -0.4 is 5.73 Å². The Labute approximate surface area is 88.4 Å². The first-order valence-corrected chi connectivity index (χ1v) is 4.79. The fraction of sp³-hybridized carbons (Fsp3) is 0.0769. The predicted molar refractivity (Wildman–Crippen MR) is 61.0 cm³/mol. The molecule has 0 aliphatic rings. The summed E-state index contributed by atoms with van der Waals surface area (Å²) >= 11 is 0. The zero-order valence-corrected chi connectivity index (χ0v) is 8.50. The molecule has 2 heteroatoms. The lowest BCUT2D eigenvalue weighted by molar-refractivity contribution is 0.630. The Morgan fingerprint density at radius 2 is 1.73 bits per heavy atom. The van der Waals surface area contributed by atoms with Crippen molar-refractivity contribution in [1.29, 1.82) is 0 Å². The van der Waals surface area contributed by atoms with E-state index in [1.165, 1.54) is 6.07 Å². The summed E-state index contributed by atoms with van der Waals surface area (Å²) in [6, 6.07) is 12.5. The molecule has 0 fully saturated rings. The van der Waals surface area contributed by atoms with Gasteiger partial charge in [-0.2, -0.15) is 0 Å². The van der Waals surface area contributed by atoms with E-state index in [9.17, 15) is 4.39 Å². The van der Waals surface area contributed by atoms with Crippen molar-refractivity contribution in [2.75, 3.05) is 5.73 Å². The van der Waals surface area contributed by atoms with Gasteiger partial charge in [0, 0.05) is 11.3 Å². The van der Waals surface area contributed by atoms with Crippen molar-refractivity contribution < 1.29 is 4.39 Å². The van der Waals surface area contributed by atoms with Gasteiger partial charge in [-0.05, 0) is 30.2 Å². The van der Waals surface area contributed by atoms with E-state index in [1.807, 2.05) is 30.3 Å². The molecule has 0 radical (unpaired) electrons. The Hall–Kier alpha value is -1.83. The highest BCUT2D eigenvalue weighted by molar-refractivity contribution is 5.69. The van der Waals surface area contributed by atoms with Crippen molar-refractivity contribution in [1.82, 2.24) is 0 Å². The number of nitrogens with two attached hydrogens (primary N) is 1. The highest BCUT2D eigenvalue weighted by atomic mass is 19.1. The number of halogens is 1. The fourth-order valence-corrected chi connectivity index (χ4v) is 1.53. The Bertz CT molecular complexity index is 477. The van der Waals surface area contributed by atoms with Crippen LogP contribution in [0.3, 0.4) is 0 Å². The largest absolute Gasteiger partial charge is 0.398 e. The van der Waals surface area contributed by atoms with Gasteiger partial charge in [0.15, 0.2) is 0 Å². The summed E-state index contributed by atoms with van der Waals surface area (Å²) in [7, 11) is 0. The summed E-state index contributed by atoms with van der Waals surface area (Å²) in [6.07, 6.45) is 0. The van der Waals surface area contributed by atoms with E-state index < -0.39 is 0 Å². The molecule has 0 aliphatic carbocycles. The van der Waals surface area contributed by atoms with Gasteiger partial charge in [-0.15, -0.1) is 0 Å². The van der Waals surface area contributed by atoms with E-state index in [0.29, 0.717) is 11.3 Å². The number of benzene rings is 2. The van der Waals surface area contributed by atoms with Gasteiger partial charge in [0.25, 0.3) is 0 Å².